The number of rotatable bonds is 5. The van der Waals surface area contributed by atoms with Gasteiger partial charge in [-0.1, -0.05) is 23.9 Å². The van der Waals surface area contributed by atoms with Crippen molar-refractivity contribution < 1.29 is 4.39 Å². The van der Waals surface area contributed by atoms with Crippen LogP contribution in [0.1, 0.15) is 29.2 Å². The molecule has 0 amide bonds. The number of halogens is 3. The predicted octanol–water partition coefficient (Wildman–Crippen LogP) is 5.32. The quantitative estimate of drug-likeness (QED) is 0.317. The van der Waals surface area contributed by atoms with E-state index >= 15 is 0 Å². The van der Waals surface area contributed by atoms with E-state index in [9.17, 15) is 4.39 Å². The lowest BCUT2D eigenvalue weighted by atomic mass is 9.90. The minimum Gasteiger partial charge on any atom is -0.365 e. The van der Waals surface area contributed by atoms with Crippen LogP contribution in [0.15, 0.2) is 41.0 Å². The average molecular weight is 524 g/mol. The van der Waals surface area contributed by atoms with Gasteiger partial charge in [0.15, 0.2) is 5.17 Å². The van der Waals surface area contributed by atoms with E-state index in [4.69, 9.17) is 5.41 Å². The number of nitrogens with zero attached hydrogens (tertiary/aromatic N) is 1. The first-order valence-corrected chi connectivity index (χ1v) is 9.27. The molecule has 0 fully saturated rings. The van der Waals surface area contributed by atoms with E-state index in [2.05, 4.69) is 26.2 Å². The van der Waals surface area contributed by atoms with Gasteiger partial charge in [-0.2, -0.15) is 0 Å². The molecule has 2 N–H and O–H groups in total. The molecule has 1 heterocycles. The number of aryl methyl sites for hydroxylation is 1. The van der Waals surface area contributed by atoms with Crippen LogP contribution in [0.5, 0.6) is 0 Å². The average Bonchev–Trinajstić information content (AvgIpc) is 2.53. The van der Waals surface area contributed by atoms with Crippen molar-refractivity contribution in [3.63, 3.8) is 0 Å². The second kappa shape index (κ2) is 10.4. The van der Waals surface area contributed by atoms with Crippen LogP contribution in [0.25, 0.3) is 0 Å². The van der Waals surface area contributed by atoms with E-state index in [0.29, 0.717) is 11.7 Å². The molecule has 0 aliphatic carbocycles. The van der Waals surface area contributed by atoms with Crippen LogP contribution in [-0.4, -0.2) is 23.0 Å². The Hall–Kier alpha value is -0.670. The zero-order valence-corrected chi connectivity index (χ0v) is 18.2. The molecule has 24 heavy (non-hydrogen) atoms. The fourth-order valence-corrected chi connectivity index (χ4v) is 3.17. The first-order valence-electron chi connectivity index (χ1n) is 7.25. The predicted molar refractivity (Wildman–Crippen MR) is 114 cm³/mol. The van der Waals surface area contributed by atoms with Crippen molar-refractivity contribution in [2.24, 2.45) is 0 Å². The number of hydrogen-bond acceptors (Lipinski definition) is 3. The Bertz CT molecular complexity index is 682. The van der Waals surface area contributed by atoms with Crippen molar-refractivity contribution >= 4 is 56.8 Å². The number of benzene rings is 1. The van der Waals surface area contributed by atoms with Crippen molar-refractivity contribution in [3.8, 4) is 0 Å². The minimum absolute atomic E-state index is 0. The van der Waals surface area contributed by atoms with E-state index in [1.165, 1.54) is 23.9 Å². The van der Waals surface area contributed by atoms with Crippen LogP contribution in [0, 0.1) is 18.2 Å². The van der Waals surface area contributed by atoms with Crippen LogP contribution >= 0.6 is 51.7 Å². The first kappa shape index (κ1) is 21.4. The van der Waals surface area contributed by atoms with Crippen LogP contribution < -0.4 is 5.32 Å². The molecule has 0 saturated heterocycles. The number of nitrogens with one attached hydrogen (secondary N) is 2. The summed E-state index contributed by atoms with van der Waals surface area (Å²) in [4.78, 5) is 4.57. The van der Waals surface area contributed by atoms with E-state index < -0.39 is 0 Å². The van der Waals surface area contributed by atoms with Gasteiger partial charge in [-0.25, -0.2) is 4.39 Å². The third-order valence-corrected chi connectivity index (χ3v) is 4.60. The van der Waals surface area contributed by atoms with Crippen LogP contribution in [0.4, 0.5) is 4.39 Å². The molecule has 1 unspecified atom stereocenters. The molecule has 1 aromatic heterocycles. The molecule has 2 aromatic rings. The highest BCUT2D eigenvalue weighted by Gasteiger charge is 2.18. The second-order valence-corrected chi connectivity index (χ2v) is 6.94. The lowest BCUT2D eigenvalue weighted by Gasteiger charge is -2.20. The third kappa shape index (κ3) is 6.00. The van der Waals surface area contributed by atoms with Gasteiger partial charge in [0.2, 0.25) is 0 Å². The third-order valence-electron chi connectivity index (χ3n) is 3.61. The summed E-state index contributed by atoms with van der Waals surface area (Å²) in [5, 5.41) is 11.2. The van der Waals surface area contributed by atoms with E-state index in [1.54, 1.807) is 6.20 Å². The van der Waals surface area contributed by atoms with Gasteiger partial charge in [0.25, 0.3) is 0 Å². The molecule has 7 heteroatoms. The van der Waals surface area contributed by atoms with Gasteiger partial charge in [-0.05, 0) is 64.9 Å². The van der Waals surface area contributed by atoms with Gasteiger partial charge in [0.1, 0.15) is 5.82 Å². The van der Waals surface area contributed by atoms with Crippen LogP contribution in [-0.2, 0) is 0 Å². The van der Waals surface area contributed by atoms with E-state index in [-0.39, 0.29) is 35.7 Å². The summed E-state index contributed by atoms with van der Waals surface area (Å²) in [6, 6.07) is 8.62. The molecule has 2 rings (SSSR count). The number of thioether (sulfide) groups is 1. The molecule has 1 atom stereocenters. The summed E-state index contributed by atoms with van der Waals surface area (Å²) >= 11 is 4.81. The van der Waals surface area contributed by atoms with Gasteiger partial charge in [-0.3, -0.25) is 10.4 Å². The zero-order chi connectivity index (χ0) is 16.8. The summed E-state index contributed by atoms with van der Waals surface area (Å²) in [6.45, 7) is 2.69. The maximum absolute atomic E-state index is 13.2. The van der Waals surface area contributed by atoms with Crippen molar-refractivity contribution in [1.82, 2.24) is 10.3 Å². The number of aromatic nitrogens is 1. The Morgan fingerprint density at radius 2 is 2.04 bits per heavy atom. The van der Waals surface area contributed by atoms with E-state index in [0.717, 1.165) is 27.7 Å². The molecule has 0 bridgehead atoms. The van der Waals surface area contributed by atoms with Crippen molar-refractivity contribution in [2.75, 3.05) is 12.8 Å². The highest BCUT2D eigenvalue weighted by Crippen LogP contribution is 2.29. The Labute approximate surface area is 171 Å². The molecular formula is C17H20BrFIN3S. The summed E-state index contributed by atoms with van der Waals surface area (Å²) in [5.74, 6) is -0.180. The molecule has 0 radical (unpaired) electrons. The SMILES string of the molecule is CSC(=N)NCCC(c1ccc(F)cc1)c1ncc(Br)cc1C.I. The maximum atomic E-state index is 13.2. The van der Waals surface area contributed by atoms with E-state index in [1.807, 2.05) is 31.4 Å². The summed E-state index contributed by atoms with van der Waals surface area (Å²) in [7, 11) is 0. The van der Waals surface area contributed by atoms with Crippen molar-refractivity contribution in [1.29, 1.82) is 5.41 Å². The highest BCUT2D eigenvalue weighted by molar-refractivity contribution is 14.0. The summed E-state index contributed by atoms with van der Waals surface area (Å²) < 4.78 is 14.2. The fraction of sp³-hybridized carbons (Fsp3) is 0.294. The van der Waals surface area contributed by atoms with Gasteiger partial charge in [-0.15, -0.1) is 24.0 Å². The molecule has 0 aliphatic heterocycles. The largest absolute Gasteiger partial charge is 0.365 e. The van der Waals surface area contributed by atoms with Gasteiger partial charge in [0, 0.05) is 23.1 Å². The summed E-state index contributed by atoms with van der Waals surface area (Å²) in [5.41, 5.74) is 3.10. The van der Waals surface area contributed by atoms with Gasteiger partial charge in [0.05, 0.1) is 5.69 Å². The first-order chi connectivity index (χ1) is 11.0. The molecule has 0 saturated carbocycles. The van der Waals surface area contributed by atoms with Gasteiger partial charge >= 0.3 is 0 Å². The summed E-state index contributed by atoms with van der Waals surface area (Å²) in [6.07, 6.45) is 4.44. The normalized spacial score (nSPS) is 11.5. The van der Waals surface area contributed by atoms with Gasteiger partial charge < -0.3 is 5.32 Å². The molecule has 130 valence electrons. The number of amidine groups is 1. The Balaban J connectivity index is 0.00000288. The smallest absolute Gasteiger partial charge is 0.153 e. The molecule has 0 spiro atoms. The Kier molecular flexibility index (Phi) is 9.22. The zero-order valence-electron chi connectivity index (χ0n) is 13.5. The fourth-order valence-electron chi connectivity index (χ4n) is 2.47. The minimum atomic E-state index is -0.240. The standard InChI is InChI=1S/C17H19BrFN3S.HI/c1-11-9-13(18)10-22-16(11)15(7-8-21-17(20)23-2)12-3-5-14(19)6-4-12;/h3-6,9-10,15H,7-8H2,1-2H3,(H2,20,21);1H. The molecular weight excluding hydrogens is 504 g/mol. The molecule has 0 aliphatic rings. The van der Waals surface area contributed by atoms with Crippen molar-refractivity contribution in [3.05, 3.63) is 63.6 Å². The lowest BCUT2D eigenvalue weighted by Crippen LogP contribution is -2.22. The highest BCUT2D eigenvalue weighted by atomic mass is 127. The lowest BCUT2D eigenvalue weighted by molar-refractivity contribution is 0.623. The van der Waals surface area contributed by atoms with Crippen LogP contribution in [0.3, 0.4) is 0 Å². The second-order valence-electron chi connectivity index (χ2n) is 5.21. The molecule has 1 aromatic carbocycles. The monoisotopic (exact) mass is 523 g/mol. The Morgan fingerprint density at radius 1 is 1.38 bits per heavy atom. The number of pyridine rings is 1. The number of hydrogen-bond donors (Lipinski definition) is 2. The Morgan fingerprint density at radius 3 is 2.62 bits per heavy atom. The van der Waals surface area contributed by atoms with Crippen molar-refractivity contribution in [2.45, 2.75) is 19.3 Å². The van der Waals surface area contributed by atoms with Crippen LogP contribution in [0.2, 0.25) is 0 Å². The maximum Gasteiger partial charge on any atom is 0.153 e. The topological polar surface area (TPSA) is 48.8 Å². The molecule has 3 nitrogen and oxygen atoms in total.